The number of halogens is 2. The molecule has 13 heavy (non-hydrogen) atoms. The molecule has 0 amide bonds. The van der Waals surface area contributed by atoms with Gasteiger partial charge < -0.3 is 10.5 Å². The molecule has 1 aliphatic rings. The number of rotatable bonds is 0. The number of fused-ring (bicyclic) bond motifs is 1. The molecule has 0 bridgehead atoms. The SMILES string of the molecule is Cl.N[C@H]1CCOc2cc(I)ccc21. The summed E-state index contributed by atoms with van der Waals surface area (Å²) in [6.45, 7) is 0.744. The second-order valence-electron chi connectivity index (χ2n) is 2.93. The van der Waals surface area contributed by atoms with Crippen molar-refractivity contribution < 1.29 is 4.74 Å². The van der Waals surface area contributed by atoms with Crippen LogP contribution in [0.25, 0.3) is 0 Å². The van der Waals surface area contributed by atoms with E-state index in [0.717, 1.165) is 24.3 Å². The van der Waals surface area contributed by atoms with Crippen LogP contribution in [-0.4, -0.2) is 6.61 Å². The van der Waals surface area contributed by atoms with Crippen LogP contribution in [-0.2, 0) is 0 Å². The predicted octanol–water partition coefficient (Wildman–Crippen LogP) is 2.50. The number of benzene rings is 1. The molecule has 2 nitrogen and oxygen atoms in total. The summed E-state index contributed by atoms with van der Waals surface area (Å²) in [7, 11) is 0. The zero-order valence-corrected chi connectivity index (χ0v) is 9.97. The summed E-state index contributed by atoms with van der Waals surface area (Å²) in [6, 6.07) is 6.31. The summed E-state index contributed by atoms with van der Waals surface area (Å²) >= 11 is 2.27. The summed E-state index contributed by atoms with van der Waals surface area (Å²) < 4.78 is 6.68. The van der Waals surface area contributed by atoms with E-state index in [1.807, 2.05) is 6.07 Å². The first-order chi connectivity index (χ1) is 5.77. The number of hydrogen-bond donors (Lipinski definition) is 1. The van der Waals surface area contributed by atoms with Gasteiger partial charge in [-0.25, -0.2) is 0 Å². The smallest absolute Gasteiger partial charge is 0.125 e. The van der Waals surface area contributed by atoms with Gasteiger partial charge in [0.05, 0.1) is 6.61 Å². The predicted molar refractivity (Wildman–Crippen MR) is 63.4 cm³/mol. The van der Waals surface area contributed by atoms with E-state index in [-0.39, 0.29) is 18.4 Å². The highest BCUT2D eigenvalue weighted by Crippen LogP contribution is 2.31. The molecule has 2 rings (SSSR count). The van der Waals surface area contributed by atoms with Crippen molar-refractivity contribution in [3.05, 3.63) is 27.3 Å². The molecule has 1 heterocycles. The summed E-state index contributed by atoms with van der Waals surface area (Å²) in [5.41, 5.74) is 7.05. The molecule has 0 fully saturated rings. The van der Waals surface area contributed by atoms with Gasteiger partial charge in [0.15, 0.2) is 0 Å². The number of hydrogen-bond acceptors (Lipinski definition) is 2. The molecule has 0 saturated carbocycles. The molecule has 1 aromatic rings. The van der Waals surface area contributed by atoms with Crippen LogP contribution in [0.1, 0.15) is 18.0 Å². The van der Waals surface area contributed by atoms with E-state index in [2.05, 4.69) is 34.7 Å². The molecule has 4 heteroatoms. The van der Waals surface area contributed by atoms with Gasteiger partial charge >= 0.3 is 0 Å². The van der Waals surface area contributed by atoms with Crippen LogP contribution < -0.4 is 10.5 Å². The normalized spacial score (nSPS) is 19.7. The largest absolute Gasteiger partial charge is 0.493 e. The quantitative estimate of drug-likeness (QED) is 0.747. The lowest BCUT2D eigenvalue weighted by Crippen LogP contribution is -2.20. The van der Waals surface area contributed by atoms with Crippen molar-refractivity contribution in [3.8, 4) is 5.75 Å². The monoisotopic (exact) mass is 311 g/mol. The van der Waals surface area contributed by atoms with Crippen molar-refractivity contribution in [2.45, 2.75) is 12.5 Å². The first-order valence-electron chi connectivity index (χ1n) is 3.95. The van der Waals surface area contributed by atoms with Crippen LogP contribution in [0.2, 0.25) is 0 Å². The van der Waals surface area contributed by atoms with Gasteiger partial charge in [-0.05, 0) is 34.7 Å². The molecular formula is C9H11ClINO. The van der Waals surface area contributed by atoms with Gasteiger partial charge in [-0.15, -0.1) is 12.4 Å². The molecule has 0 unspecified atom stereocenters. The highest BCUT2D eigenvalue weighted by atomic mass is 127. The minimum absolute atomic E-state index is 0. The van der Waals surface area contributed by atoms with E-state index >= 15 is 0 Å². The second-order valence-corrected chi connectivity index (χ2v) is 4.17. The van der Waals surface area contributed by atoms with Crippen molar-refractivity contribution in [3.63, 3.8) is 0 Å². The highest BCUT2D eigenvalue weighted by molar-refractivity contribution is 14.1. The van der Waals surface area contributed by atoms with Crippen LogP contribution in [0, 0.1) is 3.57 Å². The van der Waals surface area contributed by atoms with E-state index in [1.54, 1.807) is 0 Å². The summed E-state index contributed by atoms with van der Waals surface area (Å²) in [4.78, 5) is 0. The number of nitrogens with two attached hydrogens (primary N) is 1. The third-order valence-corrected chi connectivity index (χ3v) is 2.73. The van der Waals surface area contributed by atoms with Gasteiger partial charge in [0.25, 0.3) is 0 Å². The molecule has 72 valence electrons. The topological polar surface area (TPSA) is 35.2 Å². The van der Waals surface area contributed by atoms with Gasteiger partial charge in [-0.2, -0.15) is 0 Å². The van der Waals surface area contributed by atoms with Gasteiger partial charge in [0.1, 0.15) is 5.75 Å². The maximum absolute atomic E-state index is 5.91. The standard InChI is InChI=1S/C9H10INO.ClH/c10-6-1-2-7-8(11)3-4-12-9(7)5-6;/h1-2,5,8H,3-4,11H2;1H/t8-;/m0./s1. The van der Waals surface area contributed by atoms with Gasteiger partial charge in [0, 0.05) is 21.6 Å². The van der Waals surface area contributed by atoms with E-state index < -0.39 is 0 Å². The summed E-state index contributed by atoms with van der Waals surface area (Å²) in [5, 5.41) is 0. The Labute approximate surface area is 97.4 Å². The maximum atomic E-state index is 5.91. The first kappa shape index (κ1) is 11.1. The fourth-order valence-corrected chi connectivity index (χ4v) is 1.85. The fourth-order valence-electron chi connectivity index (χ4n) is 1.39. The van der Waals surface area contributed by atoms with Gasteiger partial charge in [0.2, 0.25) is 0 Å². The molecule has 0 radical (unpaired) electrons. The Bertz CT molecular complexity index is 306. The van der Waals surface area contributed by atoms with E-state index in [0.29, 0.717) is 0 Å². The van der Waals surface area contributed by atoms with Crippen LogP contribution in [0.4, 0.5) is 0 Å². The van der Waals surface area contributed by atoms with Crippen molar-refractivity contribution >= 4 is 35.0 Å². The molecule has 0 aliphatic carbocycles. The van der Waals surface area contributed by atoms with Crippen molar-refractivity contribution in [2.24, 2.45) is 5.73 Å². The van der Waals surface area contributed by atoms with Crippen LogP contribution in [0.5, 0.6) is 5.75 Å². The Balaban J connectivity index is 0.000000845. The molecule has 0 saturated heterocycles. The molecular weight excluding hydrogens is 300 g/mol. The first-order valence-corrected chi connectivity index (χ1v) is 5.03. The highest BCUT2D eigenvalue weighted by Gasteiger charge is 2.17. The Kier molecular flexibility index (Phi) is 3.82. The Morgan fingerprint density at radius 1 is 1.46 bits per heavy atom. The van der Waals surface area contributed by atoms with Crippen LogP contribution in [0.15, 0.2) is 18.2 Å². The summed E-state index contributed by atoms with van der Waals surface area (Å²) in [6.07, 6.45) is 0.924. The maximum Gasteiger partial charge on any atom is 0.125 e. The number of ether oxygens (including phenoxy) is 1. The van der Waals surface area contributed by atoms with Crippen molar-refractivity contribution in [1.82, 2.24) is 0 Å². The molecule has 1 aliphatic heterocycles. The lowest BCUT2D eigenvalue weighted by Gasteiger charge is -2.22. The minimum atomic E-state index is 0. The van der Waals surface area contributed by atoms with E-state index in [1.165, 1.54) is 3.57 Å². The molecule has 1 atom stereocenters. The molecule has 0 spiro atoms. The summed E-state index contributed by atoms with van der Waals surface area (Å²) in [5.74, 6) is 0.959. The lowest BCUT2D eigenvalue weighted by molar-refractivity contribution is 0.269. The lowest BCUT2D eigenvalue weighted by atomic mass is 10.0. The molecule has 0 aromatic heterocycles. The molecule has 2 N–H and O–H groups in total. The third kappa shape index (κ3) is 2.27. The average Bonchev–Trinajstić information content (AvgIpc) is 2.04. The van der Waals surface area contributed by atoms with Gasteiger partial charge in [-0.3, -0.25) is 0 Å². The van der Waals surface area contributed by atoms with Crippen LogP contribution >= 0.6 is 35.0 Å². The Hall–Kier alpha value is -0.000000000000000111. The third-order valence-electron chi connectivity index (χ3n) is 2.06. The minimum Gasteiger partial charge on any atom is -0.493 e. The van der Waals surface area contributed by atoms with E-state index in [4.69, 9.17) is 10.5 Å². The van der Waals surface area contributed by atoms with Crippen LogP contribution in [0.3, 0.4) is 0 Å². The molecule has 1 aromatic carbocycles. The average molecular weight is 312 g/mol. The van der Waals surface area contributed by atoms with Gasteiger partial charge in [-0.1, -0.05) is 6.07 Å². The fraction of sp³-hybridized carbons (Fsp3) is 0.333. The Morgan fingerprint density at radius 2 is 2.23 bits per heavy atom. The van der Waals surface area contributed by atoms with Crippen molar-refractivity contribution in [2.75, 3.05) is 6.61 Å². The zero-order chi connectivity index (χ0) is 8.55. The Morgan fingerprint density at radius 3 is 3.00 bits per heavy atom. The zero-order valence-electron chi connectivity index (χ0n) is 7.00. The van der Waals surface area contributed by atoms with E-state index in [9.17, 15) is 0 Å². The second kappa shape index (κ2) is 4.48. The van der Waals surface area contributed by atoms with Crippen molar-refractivity contribution in [1.29, 1.82) is 0 Å².